The largest absolute Gasteiger partial charge is 0.472 e. The zero-order valence-corrected chi connectivity index (χ0v) is 63.7. The Kier molecular flexibility index (Phi) is 70.2. The monoisotopic (exact) mass is 1430 g/mol. The number of phosphoric ester groups is 2. The number of phosphoric acid groups is 2. The van der Waals surface area contributed by atoms with Crippen LogP contribution in [0.2, 0.25) is 0 Å². The minimum atomic E-state index is -4.94. The fraction of sp³-hybridized carbons (Fsp3) is 0.691. The highest BCUT2D eigenvalue weighted by atomic mass is 31.2. The molecule has 0 aliphatic rings. The molecule has 0 aromatic heterocycles. The summed E-state index contributed by atoms with van der Waals surface area (Å²) >= 11 is 0. The number of allylic oxidation sites excluding steroid dienone is 22. The molecular weight excluding hydrogens is 1290 g/mol. The maximum absolute atomic E-state index is 12.9. The normalized spacial score (nSPS) is 14.8. The molecule has 18 heteroatoms. The minimum absolute atomic E-state index is 0.0785. The van der Waals surface area contributed by atoms with E-state index in [9.17, 15) is 43.5 Å². The van der Waals surface area contributed by atoms with E-state index in [-0.39, 0.29) is 19.3 Å². The molecule has 568 valence electrons. The fourth-order valence-electron chi connectivity index (χ4n) is 10.0. The molecule has 0 amide bonds. The van der Waals surface area contributed by atoms with Crippen molar-refractivity contribution in [3.8, 4) is 0 Å². The van der Waals surface area contributed by atoms with Gasteiger partial charge in [-0.15, -0.1) is 0 Å². The van der Waals surface area contributed by atoms with Gasteiger partial charge in [-0.2, -0.15) is 0 Å². The fourth-order valence-corrected chi connectivity index (χ4v) is 11.6. The molecule has 16 nitrogen and oxygen atoms in total. The van der Waals surface area contributed by atoms with Crippen molar-refractivity contribution in [2.45, 2.75) is 322 Å². The van der Waals surface area contributed by atoms with Crippen LogP contribution >= 0.6 is 15.6 Å². The molecule has 0 fully saturated rings. The molecule has 0 bridgehead atoms. The predicted octanol–water partition coefficient (Wildman–Crippen LogP) is 22.3. The number of unbranched alkanes of at least 4 members (excludes halogenated alkanes) is 27. The average molecular weight is 1430 g/mol. The first kappa shape index (κ1) is 94.7. The van der Waals surface area contributed by atoms with Gasteiger partial charge in [0.1, 0.15) is 25.4 Å². The molecule has 0 rings (SSSR count). The Morgan fingerprint density at radius 1 is 0.293 bits per heavy atom. The molecule has 0 radical (unpaired) electrons. The van der Waals surface area contributed by atoms with Gasteiger partial charge in [0.15, 0.2) is 6.10 Å². The number of aliphatic hydroxyl groups excluding tert-OH is 2. The molecule has 0 aliphatic carbocycles. The predicted molar refractivity (Wildman–Crippen MR) is 408 cm³/mol. The van der Waals surface area contributed by atoms with Crippen molar-refractivity contribution in [1.29, 1.82) is 0 Å². The van der Waals surface area contributed by atoms with Gasteiger partial charge in [-0.3, -0.25) is 32.5 Å². The summed E-state index contributed by atoms with van der Waals surface area (Å²) in [6.45, 7) is 2.39. The van der Waals surface area contributed by atoms with E-state index in [0.29, 0.717) is 19.3 Å². The molecule has 4 N–H and O–H groups in total. The van der Waals surface area contributed by atoms with Crippen LogP contribution in [0.1, 0.15) is 303 Å². The van der Waals surface area contributed by atoms with E-state index in [0.717, 1.165) is 161 Å². The Morgan fingerprint density at radius 3 is 0.848 bits per heavy atom. The summed E-state index contributed by atoms with van der Waals surface area (Å²) in [5.41, 5.74) is 0. The number of aliphatic hydroxyl groups is 2. The van der Waals surface area contributed by atoms with Crippen molar-refractivity contribution in [2.24, 2.45) is 0 Å². The van der Waals surface area contributed by atoms with E-state index >= 15 is 0 Å². The Morgan fingerprint density at radius 2 is 0.535 bits per heavy atom. The smallest absolute Gasteiger partial charge is 0.463 e. The van der Waals surface area contributed by atoms with Crippen LogP contribution in [0, 0.1) is 0 Å². The summed E-state index contributed by atoms with van der Waals surface area (Å²) in [5, 5.41) is 20.6. The van der Waals surface area contributed by atoms with E-state index in [1.807, 2.05) is 0 Å². The Balaban J connectivity index is 4.53. The highest BCUT2D eigenvalue weighted by Gasteiger charge is 2.29. The average Bonchev–Trinajstić information content (AvgIpc) is 1.92. The highest BCUT2D eigenvalue weighted by Crippen LogP contribution is 2.45. The van der Waals surface area contributed by atoms with Gasteiger partial charge in [0.25, 0.3) is 0 Å². The first-order valence-corrected chi connectivity index (χ1v) is 41.5. The zero-order chi connectivity index (χ0) is 72.3. The van der Waals surface area contributed by atoms with Crippen LogP contribution in [0.3, 0.4) is 0 Å². The minimum Gasteiger partial charge on any atom is -0.463 e. The summed E-state index contributed by atoms with van der Waals surface area (Å²) in [6, 6.07) is 0. The quantitative estimate of drug-likeness (QED) is 0.0146. The van der Waals surface area contributed by atoms with Crippen molar-refractivity contribution in [3.63, 3.8) is 0 Å². The number of esters is 3. The van der Waals surface area contributed by atoms with Crippen molar-refractivity contribution < 1.29 is 75.8 Å². The van der Waals surface area contributed by atoms with Crippen molar-refractivity contribution in [3.05, 3.63) is 134 Å². The third kappa shape index (κ3) is 74.7. The lowest BCUT2D eigenvalue weighted by atomic mass is 10.0. The van der Waals surface area contributed by atoms with Gasteiger partial charge in [-0.25, -0.2) is 9.13 Å². The molecule has 0 saturated carbocycles. The SMILES string of the molecule is CC/C=C\C/C=C\C/C=C\C/C=C\CCCCCCCCC(=O)OCC(COP(=O)(O)OCC(O)COP(=O)(O)OCC(O)COC(=O)CCCCCCCCCCCCCCC/C=C\C/C=C\C/C=C\C/C=C\CCCCC)OC(=O)CCCCCCC/C=C\C/C=C\C/C=C\CC. The third-order valence-corrected chi connectivity index (χ3v) is 17.7. The zero-order valence-electron chi connectivity index (χ0n) is 61.9. The Hall–Kier alpha value is -4.31. The topological polar surface area (TPSA) is 231 Å². The number of carbonyl (C=O) groups is 3. The van der Waals surface area contributed by atoms with Crippen LogP contribution in [0.25, 0.3) is 0 Å². The number of hydrogen-bond donors (Lipinski definition) is 4. The maximum Gasteiger partial charge on any atom is 0.472 e. The first-order chi connectivity index (χ1) is 48.2. The van der Waals surface area contributed by atoms with Gasteiger partial charge in [0, 0.05) is 19.3 Å². The molecular formula is C81H138O16P2. The van der Waals surface area contributed by atoms with E-state index < -0.39 is 91.5 Å². The van der Waals surface area contributed by atoms with Gasteiger partial charge in [-0.1, -0.05) is 283 Å². The number of hydrogen-bond acceptors (Lipinski definition) is 14. The molecule has 5 atom stereocenters. The van der Waals surface area contributed by atoms with Crippen molar-refractivity contribution in [2.75, 3.05) is 39.6 Å². The Labute approximate surface area is 601 Å². The van der Waals surface area contributed by atoms with Crippen molar-refractivity contribution in [1.82, 2.24) is 0 Å². The van der Waals surface area contributed by atoms with Gasteiger partial charge in [-0.05, 0) is 135 Å². The standard InChI is InChI=1S/C81H138O16P2/c1-4-7-10-13-16-19-22-25-28-30-32-33-34-35-36-37-38-39-40-41-43-45-47-49-52-55-58-61-64-67-79(84)91-70-76(82)71-93-98(87,88)94-72-77(83)73-95-99(89,90)96-75-78(97-81(86)69-66-63-60-57-54-51-46-27-24-21-18-15-12-9-6-3)74-92-80(85)68-65-62-59-56-53-50-48-44-42-31-29-26-23-20-17-14-11-8-5-2/h8-9,11-12,16-21,25-29,32-33,35-36,42,44,46,76-78,82-83H,4-7,10,13-15,22-24,30-31,34,37-41,43,45,47-75H2,1-3H3,(H,87,88)(H,89,90)/b11-8-,12-9-,19-16-,20-17-,21-18-,28-25-,29-26-,33-32-,36-35-,44-42-,46-27-. The second kappa shape index (κ2) is 73.4. The van der Waals surface area contributed by atoms with E-state index in [1.165, 1.54) is 83.5 Å². The van der Waals surface area contributed by atoms with Crippen LogP contribution in [-0.4, -0.2) is 95.9 Å². The second-order valence-electron chi connectivity index (χ2n) is 25.4. The molecule has 0 spiro atoms. The lowest BCUT2D eigenvalue weighted by Crippen LogP contribution is -2.30. The van der Waals surface area contributed by atoms with Crippen LogP contribution in [0.15, 0.2) is 134 Å². The van der Waals surface area contributed by atoms with Gasteiger partial charge < -0.3 is 34.2 Å². The van der Waals surface area contributed by atoms with Gasteiger partial charge in [0.2, 0.25) is 0 Å². The lowest BCUT2D eigenvalue weighted by Gasteiger charge is -2.21. The highest BCUT2D eigenvalue weighted by molar-refractivity contribution is 7.47. The number of carbonyl (C=O) groups excluding carboxylic acids is 3. The van der Waals surface area contributed by atoms with Crippen LogP contribution < -0.4 is 0 Å². The second-order valence-corrected chi connectivity index (χ2v) is 28.3. The summed E-state index contributed by atoms with van der Waals surface area (Å²) < 4.78 is 61.1. The summed E-state index contributed by atoms with van der Waals surface area (Å²) in [6.07, 6.45) is 87.9. The molecule has 5 unspecified atom stereocenters. The van der Waals surface area contributed by atoms with Crippen LogP contribution in [-0.2, 0) is 55.8 Å². The van der Waals surface area contributed by atoms with Crippen LogP contribution in [0.4, 0.5) is 0 Å². The maximum atomic E-state index is 12.9. The molecule has 0 aromatic rings. The van der Waals surface area contributed by atoms with E-state index in [4.69, 9.17) is 32.3 Å². The number of ether oxygens (including phenoxy) is 3. The summed E-state index contributed by atoms with van der Waals surface area (Å²) in [7, 11) is -9.80. The van der Waals surface area contributed by atoms with Gasteiger partial charge >= 0.3 is 33.6 Å². The van der Waals surface area contributed by atoms with E-state index in [2.05, 4.69) is 154 Å². The summed E-state index contributed by atoms with van der Waals surface area (Å²) in [5.74, 6) is -1.61. The molecule has 99 heavy (non-hydrogen) atoms. The van der Waals surface area contributed by atoms with Crippen molar-refractivity contribution >= 4 is 33.6 Å². The number of rotatable bonds is 72. The summed E-state index contributed by atoms with van der Waals surface area (Å²) in [4.78, 5) is 58.6. The Bertz CT molecular complexity index is 2330. The first-order valence-electron chi connectivity index (χ1n) is 38.5. The molecule has 0 aliphatic heterocycles. The molecule has 0 heterocycles. The molecule has 0 saturated heterocycles. The lowest BCUT2D eigenvalue weighted by molar-refractivity contribution is -0.161. The molecule has 0 aromatic carbocycles. The van der Waals surface area contributed by atoms with Gasteiger partial charge in [0.05, 0.1) is 26.4 Å². The van der Waals surface area contributed by atoms with Crippen LogP contribution in [0.5, 0.6) is 0 Å². The van der Waals surface area contributed by atoms with E-state index in [1.54, 1.807) is 0 Å². The third-order valence-electron chi connectivity index (χ3n) is 15.8.